The average molecular weight is 702 g/mol. The van der Waals surface area contributed by atoms with Crippen LogP contribution in [0, 0.1) is 0 Å². The highest BCUT2D eigenvalue weighted by Crippen LogP contribution is 2.43. The van der Waals surface area contributed by atoms with Gasteiger partial charge in [-0.05, 0) is 67.4 Å². The first-order valence-electron chi connectivity index (χ1n) is 18.5. The van der Waals surface area contributed by atoms with E-state index in [1.807, 2.05) is 48.5 Å². The monoisotopic (exact) mass is 701 g/mol. The quantitative estimate of drug-likeness (QED) is 0.168. The molecule has 0 atom stereocenters. The Morgan fingerprint density at radius 1 is 0.309 bits per heavy atom. The van der Waals surface area contributed by atoms with E-state index in [0.717, 1.165) is 65.9 Å². The molecule has 2 aromatic heterocycles. The molecule has 2 heterocycles. The number of aromatic nitrogens is 3. The van der Waals surface area contributed by atoms with Crippen LogP contribution in [-0.4, -0.2) is 15.0 Å². The molecule has 4 nitrogen and oxygen atoms in total. The second-order valence-electron chi connectivity index (χ2n) is 14.0. The minimum Gasteiger partial charge on any atom is -0.455 e. The summed E-state index contributed by atoms with van der Waals surface area (Å²) in [6.07, 6.45) is 0. The van der Waals surface area contributed by atoms with Crippen LogP contribution in [0.5, 0.6) is 0 Å². The number of rotatable bonds is 5. The van der Waals surface area contributed by atoms with E-state index < -0.39 is 0 Å². The van der Waals surface area contributed by atoms with Gasteiger partial charge in [-0.1, -0.05) is 170 Å². The third-order valence-corrected chi connectivity index (χ3v) is 10.7. The van der Waals surface area contributed by atoms with Crippen LogP contribution in [0.15, 0.2) is 192 Å². The van der Waals surface area contributed by atoms with Crippen LogP contribution in [0.3, 0.4) is 0 Å². The zero-order valence-corrected chi connectivity index (χ0v) is 29.6. The van der Waals surface area contributed by atoms with Gasteiger partial charge in [0.05, 0.1) is 0 Å². The van der Waals surface area contributed by atoms with Gasteiger partial charge in [0, 0.05) is 32.8 Å². The van der Waals surface area contributed by atoms with Crippen LogP contribution in [0.4, 0.5) is 0 Å². The second kappa shape index (κ2) is 12.6. The Labute approximate surface area is 317 Å². The maximum atomic E-state index is 6.74. The zero-order chi connectivity index (χ0) is 36.3. The highest BCUT2D eigenvalue weighted by molar-refractivity contribution is 6.22. The van der Waals surface area contributed by atoms with Crippen LogP contribution in [0.1, 0.15) is 0 Å². The summed E-state index contributed by atoms with van der Waals surface area (Å²) in [7, 11) is 0. The number of fused-ring (bicyclic) bond motifs is 8. The average Bonchev–Trinajstić information content (AvgIpc) is 3.66. The first kappa shape index (κ1) is 31.1. The Hall–Kier alpha value is -7.43. The molecular weight excluding hydrogens is 671 g/mol. The first-order valence-corrected chi connectivity index (χ1v) is 18.5. The van der Waals surface area contributed by atoms with Crippen molar-refractivity contribution in [3.05, 3.63) is 188 Å². The predicted octanol–water partition coefficient (Wildman–Crippen LogP) is 13.6. The third kappa shape index (κ3) is 5.26. The second-order valence-corrected chi connectivity index (χ2v) is 14.0. The molecule has 0 bridgehead atoms. The predicted molar refractivity (Wildman–Crippen MR) is 227 cm³/mol. The van der Waals surface area contributed by atoms with Gasteiger partial charge >= 0.3 is 0 Å². The molecule has 55 heavy (non-hydrogen) atoms. The first-order chi connectivity index (χ1) is 27.2. The summed E-state index contributed by atoms with van der Waals surface area (Å²) in [6.45, 7) is 0. The van der Waals surface area contributed by atoms with Crippen molar-refractivity contribution in [3.63, 3.8) is 0 Å². The molecule has 9 aromatic carbocycles. The standard InChI is InChI=1S/C51H31N3O/c1-3-12-32(13-4-1)33-22-24-36(25-23-33)44-31-45-47-42(20-11-21-46(47)55-48(45)41-19-10-9-18-40(41)44)51-53-49(37-15-5-2-6-16-37)52-50(54-51)38-29-28-35-27-26-34-14-7-8-17-39(34)43(35)30-38/h1-31H. The summed E-state index contributed by atoms with van der Waals surface area (Å²) in [5.41, 5.74) is 9.05. The lowest BCUT2D eigenvalue weighted by molar-refractivity contribution is 0.673. The molecule has 0 aliphatic rings. The molecule has 0 radical (unpaired) electrons. The summed E-state index contributed by atoms with van der Waals surface area (Å²) in [6, 6.07) is 65.8. The van der Waals surface area contributed by atoms with E-state index in [4.69, 9.17) is 19.4 Å². The molecule has 0 aliphatic heterocycles. The van der Waals surface area contributed by atoms with Gasteiger partial charge in [-0.15, -0.1) is 0 Å². The minimum absolute atomic E-state index is 0.595. The molecule has 0 amide bonds. The van der Waals surface area contributed by atoms with Crippen molar-refractivity contribution in [3.8, 4) is 56.4 Å². The van der Waals surface area contributed by atoms with Gasteiger partial charge < -0.3 is 4.42 Å². The molecule has 0 saturated carbocycles. The SMILES string of the molecule is c1ccc(-c2ccc(-c3cc4c(oc5cccc(-c6nc(-c7ccccc7)nc(-c7ccc8ccc9ccccc9c8c7)n6)c54)c4ccccc34)cc2)cc1. The fourth-order valence-corrected chi connectivity index (χ4v) is 8.03. The summed E-state index contributed by atoms with van der Waals surface area (Å²) in [5.74, 6) is 1.83. The number of benzene rings is 9. The van der Waals surface area contributed by atoms with Gasteiger partial charge in [-0.25, -0.2) is 15.0 Å². The number of hydrogen-bond acceptors (Lipinski definition) is 4. The van der Waals surface area contributed by atoms with Crippen LogP contribution in [-0.2, 0) is 0 Å². The number of hydrogen-bond donors (Lipinski definition) is 0. The summed E-state index contributed by atoms with van der Waals surface area (Å²) < 4.78 is 6.74. The highest BCUT2D eigenvalue weighted by atomic mass is 16.3. The molecule has 0 unspecified atom stereocenters. The van der Waals surface area contributed by atoms with Crippen molar-refractivity contribution in [2.45, 2.75) is 0 Å². The normalized spacial score (nSPS) is 11.6. The summed E-state index contributed by atoms with van der Waals surface area (Å²) in [5, 5.41) is 8.94. The van der Waals surface area contributed by atoms with Crippen LogP contribution < -0.4 is 0 Å². The maximum Gasteiger partial charge on any atom is 0.164 e. The van der Waals surface area contributed by atoms with Crippen LogP contribution in [0.2, 0.25) is 0 Å². The largest absolute Gasteiger partial charge is 0.455 e. The van der Waals surface area contributed by atoms with Crippen LogP contribution in [0.25, 0.3) is 111 Å². The Balaban J connectivity index is 1.14. The Morgan fingerprint density at radius 2 is 0.873 bits per heavy atom. The van der Waals surface area contributed by atoms with Crippen molar-refractivity contribution >= 4 is 54.3 Å². The van der Waals surface area contributed by atoms with Gasteiger partial charge in [0.15, 0.2) is 17.5 Å². The molecule has 0 aliphatic carbocycles. The smallest absolute Gasteiger partial charge is 0.164 e. The Kier molecular flexibility index (Phi) is 7.14. The van der Waals surface area contributed by atoms with Crippen molar-refractivity contribution in [1.29, 1.82) is 0 Å². The van der Waals surface area contributed by atoms with Gasteiger partial charge in [0.25, 0.3) is 0 Å². The van der Waals surface area contributed by atoms with Gasteiger partial charge in [0.1, 0.15) is 11.2 Å². The van der Waals surface area contributed by atoms with Crippen molar-refractivity contribution in [2.24, 2.45) is 0 Å². The lowest BCUT2D eigenvalue weighted by Crippen LogP contribution is -2.00. The number of furan rings is 1. The van der Waals surface area contributed by atoms with E-state index in [-0.39, 0.29) is 0 Å². The zero-order valence-electron chi connectivity index (χ0n) is 29.6. The molecule has 0 spiro atoms. The fraction of sp³-hybridized carbons (Fsp3) is 0. The molecule has 11 aromatic rings. The van der Waals surface area contributed by atoms with Crippen molar-refractivity contribution in [2.75, 3.05) is 0 Å². The van der Waals surface area contributed by atoms with E-state index in [9.17, 15) is 0 Å². The van der Waals surface area contributed by atoms with Crippen LogP contribution >= 0.6 is 0 Å². The minimum atomic E-state index is 0.595. The maximum absolute atomic E-state index is 6.74. The highest BCUT2D eigenvalue weighted by Gasteiger charge is 2.21. The molecule has 0 N–H and O–H groups in total. The molecule has 11 rings (SSSR count). The molecule has 256 valence electrons. The van der Waals surface area contributed by atoms with E-state index >= 15 is 0 Å². The Bertz CT molecular complexity index is 3240. The van der Waals surface area contributed by atoms with Crippen molar-refractivity contribution in [1.82, 2.24) is 15.0 Å². The van der Waals surface area contributed by atoms with E-state index in [0.29, 0.717) is 17.5 Å². The van der Waals surface area contributed by atoms with Crippen molar-refractivity contribution < 1.29 is 4.42 Å². The molecule has 0 fully saturated rings. The topological polar surface area (TPSA) is 51.8 Å². The molecular formula is C51H31N3O. The third-order valence-electron chi connectivity index (χ3n) is 10.7. The molecule has 4 heteroatoms. The summed E-state index contributed by atoms with van der Waals surface area (Å²) >= 11 is 0. The van der Waals surface area contributed by atoms with E-state index in [2.05, 4.69) is 140 Å². The fourth-order valence-electron chi connectivity index (χ4n) is 8.03. The van der Waals surface area contributed by atoms with Gasteiger partial charge in [0.2, 0.25) is 0 Å². The van der Waals surface area contributed by atoms with Gasteiger partial charge in [-0.3, -0.25) is 0 Å². The lowest BCUT2D eigenvalue weighted by atomic mass is 9.93. The van der Waals surface area contributed by atoms with E-state index in [1.165, 1.54) is 27.3 Å². The van der Waals surface area contributed by atoms with Gasteiger partial charge in [-0.2, -0.15) is 0 Å². The lowest BCUT2D eigenvalue weighted by Gasteiger charge is -2.11. The summed E-state index contributed by atoms with van der Waals surface area (Å²) in [4.78, 5) is 15.5. The molecule has 0 saturated heterocycles. The number of nitrogens with zero attached hydrogens (tertiary/aromatic N) is 3. The van der Waals surface area contributed by atoms with E-state index in [1.54, 1.807) is 0 Å². The Morgan fingerprint density at radius 3 is 1.65 bits per heavy atom.